The summed E-state index contributed by atoms with van der Waals surface area (Å²) in [6, 6.07) is 1.69. The van der Waals surface area contributed by atoms with Crippen molar-refractivity contribution in [2.45, 2.75) is 38.1 Å². The Morgan fingerprint density at radius 2 is 2.00 bits per heavy atom. The standard InChI is InChI=1S/C10H18N2O2S2/c1-7-5-9(8(2)15-7)16(13,14)12-10(3,4)6-11/h5,12H,6,11H2,1-4H3. The highest BCUT2D eigenvalue weighted by molar-refractivity contribution is 7.89. The van der Waals surface area contributed by atoms with Crippen LogP contribution in [0.4, 0.5) is 0 Å². The normalized spacial score (nSPS) is 13.1. The van der Waals surface area contributed by atoms with Crippen LogP contribution in [0, 0.1) is 13.8 Å². The molecule has 0 bridgehead atoms. The summed E-state index contributed by atoms with van der Waals surface area (Å²) in [5.74, 6) is 0. The van der Waals surface area contributed by atoms with Crippen molar-refractivity contribution in [3.05, 3.63) is 15.8 Å². The van der Waals surface area contributed by atoms with Crippen molar-refractivity contribution in [2.75, 3.05) is 6.54 Å². The maximum Gasteiger partial charge on any atom is 0.242 e. The molecule has 0 aromatic carbocycles. The first-order valence-electron chi connectivity index (χ1n) is 4.99. The molecule has 16 heavy (non-hydrogen) atoms. The first-order valence-corrected chi connectivity index (χ1v) is 7.29. The van der Waals surface area contributed by atoms with Crippen molar-refractivity contribution < 1.29 is 8.42 Å². The minimum absolute atomic E-state index is 0.258. The minimum atomic E-state index is -3.46. The summed E-state index contributed by atoms with van der Waals surface area (Å²) in [5, 5.41) is 0. The predicted octanol–water partition coefficient (Wildman–Crippen LogP) is 1.38. The number of aryl methyl sites for hydroxylation is 2. The van der Waals surface area contributed by atoms with Gasteiger partial charge in [0, 0.05) is 21.8 Å². The van der Waals surface area contributed by atoms with Crippen molar-refractivity contribution in [1.82, 2.24) is 4.72 Å². The van der Waals surface area contributed by atoms with Crippen LogP contribution < -0.4 is 10.5 Å². The Hall–Kier alpha value is -0.430. The van der Waals surface area contributed by atoms with E-state index in [-0.39, 0.29) is 6.54 Å². The van der Waals surface area contributed by atoms with Crippen LogP contribution >= 0.6 is 11.3 Å². The lowest BCUT2D eigenvalue weighted by molar-refractivity contribution is 0.462. The van der Waals surface area contributed by atoms with Gasteiger partial charge in [0.15, 0.2) is 0 Å². The number of thiophene rings is 1. The largest absolute Gasteiger partial charge is 0.329 e. The molecular formula is C10H18N2O2S2. The number of sulfonamides is 1. The topological polar surface area (TPSA) is 72.2 Å². The fourth-order valence-corrected chi connectivity index (χ4v) is 4.31. The highest BCUT2D eigenvalue weighted by atomic mass is 32.2. The number of rotatable bonds is 4. The SMILES string of the molecule is Cc1cc(S(=O)(=O)NC(C)(C)CN)c(C)s1. The van der Waals surface area contributed by atoms with Gasteiger partial charge in [0.2, 0.25) is 10.0 Å². The lowest BCUT2D eigenvalue weighted by atomic mass is 10.1. The third-order valence-corrected chi connectivity index (χ3v) is 5.13. The molecule has 0 aliphatic heterocycles. The Bertz CT molecular complexity index is 475. The number of hydrogen-bond donors (Lipinski definition) is 2. The molecule has 1 aromatic rings. The van der Waals surface area contributed by atoms with Crippen LogP contribution in [0.5, 0.6) is 0 Å². The molecule has 1 rings (SSSR count). The third kappa shape index (κ3) is 3.04. The zero-order valence-electron chi connectivity index (χ0n) is 9.99. The molecule has 3 N–H and O–H groups in total. The fraction of sp³-hybridized carbons (Fsp3) is 0.600. The van der Waals surface area contributed by atoms with E-state index in [0.29, 0.717) is 4.90 Å². The van der Waals surface area contributed by atoms with Gasteiger partial charge in [0.1, 0.15) is 0 Å². The van der Waals surface area contributed by atoms with E-state index < -0.39 is 15.6 Å². The second kappa shape index (κ2) is 4.44. The van der Waals surface area contributed by atoms with E-state index in [0.717, 1.165) is 9.75 Å². The van der Waals surface area contributed by atoms with Gasteiger partial charge in [-0.2, -0.15) is 0 Å². The van der Waals surface area contributed by atoms with E-state index in [9.17, 15) is 8.42 Å². The zero-order chi connectivity index (χ0) is 12.6. The molecule has 0 aliphatic rings. The van der Waals surface area contributed by atoms with Crippen LogP contribution in [0.1, 0.15) is 23.6 Å². The van der Waals surface area contributed by atoms with Crippen LogP contribution in [0.2, 0.25) is 0 Å². The van der Waals surface area contributed by atoms with Gasteiger partial charge >= 0.3 is 0 Å². The second-order valence-electron chi connectivity index (χ2n) is 4.47. The molecule has 0 atom stereocenters. The third-order valence-electron chi connectivity index (χ3n) is 2.21. The summed E-state index contributed by atoms with van der Waals surface area (Å²) >= 11 is 1.48. The van der Waals surface area contributed by atoms with Gasteiger partial charge in [-0.1, -0.05) is 0 Å². The van der Waals surface area contributed by atoms with Gasteiger partial charge in [-0.25, -0.2) is 13.1 Å². The molecule has 6 heteroatoms. The van der Waals surface area contributed by atoms with E-state index in [2.05, 4.69) is 4.72 Å². The van der Waals surface area contributed by atoms with Crippen LogP contribution in [-0.4, -0.2) is 20.5 Å². The molecule has 0 spiro atoms. The Morgan fingerprint density at radius 1 is 1.44 bits per heavy atom. The Labute approximate surface area is 101 Å². The average molecular weight is 262 g/mol. The lowest BCUT2D eigenvalue weighted by Crippen LogP contribution is -2.48. The highest BCUT2D eigenvalue weighted by Crippen LogP contribution is 2.25. The quantitative estimate of drug-likeness (QED) is 0.861. The molecule has 92 valence electrons. The monoisotopic (exact) mass is 262 g/mol. The summed E-state index contributed by atoms with van der Waals surface area (Å²) in [6.45, 7) is 7.49. The van der Waals surface area contributed by atoms with Gasteiger partial charge in [-0.15, -0.1) is 11.3 Å². The minimum Gasteiger partial charge on any atom is -0.329 e. The Balaban J connectivity index is 3.09. The van der Waals surface area contributed by atoms with Crippen LogP contribution in [0.15, 0.2) is 11.0 Å². The fourth-order valence-electron chi connectivity index (χ4n) is 1.33. The van der Waals surface area contributed by atoms with Crippen molar-refractivity contribution in [3.8, 4) is 0 Å². The molecule has 1 aromatic heterocycles. The van der Waals surface area contributed by atoms with E-state index >= 15 is 0 Å². The molecule has 0 saturated heterocycles. The van der Waals surface area contributed by atoms with Crippen molar-refractivity contribution in [3.63, 3.8) is 0 Å². The van der Waals surface area contributed by atoms with E-state index in [1.54, 1.807) is 19.9 Å². The molecule has 1 heterocycles. The van der Waals surface area contributed by atoms with Gasteiger partial charge in [-0.3, -0.25) is 0 Å². The smallest absolute Gasteiger partial charge is 0.242 e. The number of hydrogen-bond acceptors (Lipinski definition) is 4. The summed E-state index contributed by atoms with van der Waals surface area (Å²) in [7, 11) is -3.46. The first kappa shape index (κ1) is 13.6. The Morgan fingerprint density at radius 3 is 2.38 bits per heavy atom. The van der Waals surface area contributed by atoms with E-state index in [1.807, 2.05) is 13.8 Å². The summed E-state index contributed by atoms with van der Waals surface area (Å²) in [6.07, 6.45) is 0. The maximum atomic E-state index is 12.1. The van der Waals surface area contributed by atoms with Gasteiger partial charge in [-0.05, 0) is 33.8 Å². The van der Waals surface area contributed by atoms with Gasteiger partial charge in [0.05, 0.1) is 4.90 Å². The molecule has 4 nitrogen and oxygen atoms in total. The first-order chi connectivity index (χ1) is 7.18. The van der Waals surface area contributed by atoms with E-state index in [1.165, 1.54) is 11.3 Å². The molecule has 0 unspecified atom stereocenters. The van der Waals surface area contributed by atoms with Gasteiger partial charge in [0.25, 0.3) is 0 Å². The Kier molecular flexibility index (Phi) is 3.79. The van der Waals surface area contributed by atoms with E-state index in [4.69, 9.17) is 5.73 Å². The van der Waals surface area contributed by atoms with Crippen molar-refractivity contribution in [1.29, 1.82) is 0 Å². The molecule has 0 fully saturated rings. The molecule has 0 saturated carbocycles. The summed E-state index contributed by atoms with van der Waals surface area (Å²) in [5.41, 5.74) is 4.89. The molecule has 0 radical (unpaired) electrons. The number of nitrogens with one attached hydrogen (secondary N) is 1. The molecule has 0 aliphatic carbocycles. The summed E-state index contributed by atoms with van der Waals surface area (Å²) in [4.78, 5) is 2.15. The molecular weight excluding hydrogens is 244 g/mol. The molecule has 0 amide bonds. The predicted molar refractivity (Wildman–Crippen MR) is 67.2 cm³/mol. The van der Waals surface area contributed by atoms with Crippen LogP contribution in [0.25, 0.3) is 0 Å². The maximum absolute atomic E-state index is 12.1. The van der Waals surface area contributed by atoms with Crippen LogP contribution in [-0.2, 0) is 10.0 Å². The highest BCUT2D eigenvalue weighted by Gasteiger charge is 2.26. The lowest BCUT2D eigenvalue weighted by Gasteiger charge is -2.23. The van der Waals surface area contributed by atoms with Crippen LogP contribution in [0.3, 0.4) is 0 Å². The van der Waals surface area contributed by atoms with Gasteiger partial charge < -0.3 is 5.73 Å². The number of nitrogens with two attached hydrogens (primary N) is 1. The average Bonchev–Trinajstić information content (AvgIpc) is 2.44. The summed E-state index contributed by atoms with van der Waals surface area (Å²) < 4.78 is 26.8. The van der Waals surface area contributed by atoms with Crippen molar-refractivity contribution >= 4 is 21.4 Å². The second-order valence-corrected chi connectivity index (χ2v) is 7.58. The van der Waals surface area contributed by atoms with Crippen molar-refractivity contribution in [2.24, 2.45) is 5.73 Å². The zero-order valence-corrected chi connectivity index (χ0v) is 11.6.